The fourth-order valence-corrected chi connectivity index (χ4v) is 1.76. The first-order valence-corrected chi connectivity index (χ1v) is 6.96. The highest BCUT2D eigenvalue weighted by Gasteiger charge is 2.10. The Hall–Kier alpha value is -2.50. The molecule has 0 saturated carbocycles. The lowest BCUT2D eigenvalue weighted by molar-refractivity contribution is 0.0945. The maximum atomic E-state index is 12.1. The molecule has 6 heteroatoms. The maximum Gasteiger partial charge on any atom is 0.270 e. The summed E-state index contributed by atoms with van der Waals surface area (Å²) >= 11 is 0. The van der Waals surface area contributed by atoms with Gasteiger partial charge >= 0.3 is 0 Å². The Morgan fingerprint density at radius 1 is 1.29 bits per heavy atom. The summed E-state index contributed by atoms with van der Waals surface area (Å²) in [6.07, 6.45) is 2.67. The zero-order valence-corrected chi connectivity index (χ0v) is 12.3. The van der Waals surface area contributed by atoms with Crippen molar-refractivity contribution in [3.63, 3.8) is 0 Å². The molecule has 0 aliphatic carbocycles. The second kappa shape index (κ2) is 7.33. The molecule has 2 heterocycles. The van der Waals surface area contributed by atoms with Gasteiger partial charge in [-0.25, -0.2) is 9.97 Å². The van der Waals surface area contributed by atoms with E-state index in [1.165, 1.54) is 0 Å². The first kappa shape index (κ1) is 14.9. The second-order valence-electron chi connectivity index (χ2n) is 4.65. The molecule has 0 bridgehead atoms. The number of nitrogens with one attached hydrogen (secondary N) is 2. The van der Waals surface area contributed by atoms with Crippen molar-refractivity contribution in [1.29, 1.82) is 0 Å². The molecule has 0 saturated heterocycles. The number of aryl methyl sites for hydroxylation is 1. The molecule has 0 aliphatic heterocycles. The first-order valence-electron chi connectivity index (χ1n) is 6.96. The normalized spacial score (nSPS) is 10.2. The van der Waals surface area contributed by atoms with Crippen LogP contribution in [0.15, 0.2) is 30.5 Å². The van der Waals surface area contributed by atoms with Crippen molar-refractivity contribution in [2.45, 2.75) is 26.8 Å². The minimum Gasteiger partial charge on any atom is -0.354 e. The number of aromatic nitrogens is 3. The molecule has 6 nitrogen and oxygen atoms in total. The molecule has 21 heavy (non-hydrogen) atoms. The molecule has 0 unspecified atom stereocenters. The molecule has 0 atom stereocenters. The van der Waals surface area contributed by atoms with Crippen molar-refractivity contribution >= 4 is 11.9 Å². The number of nitrogens with zero attached hydrogens (tertiary/aromatic N) is 3. The van der Waals surface area contributed by atoms with E-state index in [1.807, 2.05) is 25.1 Å². The van der Waals surface area contributed by atoms with Crippen LogP contribution in [0.5, 0.6) is 0 Å². The first-order chi connectivity index (χ1) is 10.2. The molecule has 0 aromatic carbocycles. The van der Waals surface area contributed by atoms with E-state index < -0.39 is 0 Å². The largest absolute Gasteiger partial charge is 0.354 e. The number of carbonyl (C=O) groups excluding carboxylic acids is 1. The van der Waals surface area contributed by atoms with Crippen LogP contribution in [0.1, 0.15) is 35.2 Å². The molecule has 0 fully saturated rings. The Morgan fingerprint density at radius 3 is 2.86 bits per heavy atom. The summed E-state index contributed by atoms with van der Waals surface area (Å²) in [4.78, 5) is 24.8. The van der Waals surface area contributed by atoms with Gasteiger partial charge in [-0.2, -0.15) is 0 Å². The van der Waals surface area contributed by atoms with Gasteiger partial charge in [0.15, 0.2) is 0 Å². The fourth-order valence-electron chi connectivity index (χ4n) is 1.76. The van der Waals surface area contributed by atoms with Crippen LogP contribution in [0, 0.1) is 6.92 Å². The van der Waals surface area contributed by atoms with Crippen molar-refractivity contribution in [1.82, 2.24) is 20.3 Å². The van der Waals surface area contributed by atoms with Crippen LogP contribution in [0.25, 0.3) is 0 Å². The molecule has 2 N–H and O–H groups in total. The lowest BCUT2D eigenvalue weighted by Crippen LogP contribution is -2.25. The molecular formula is C15H19N5O. The highest BCUT2D eigenvalue weighted by atomic mass is 16.1. The second-order valence-corrected chi connectivity index (χ2v) is 4.65. The van der Waals surface area contributed by atoms with E-state index in [1.54, 1.807) is 12.3 Å². The highest BCUT2D eigenvalue weighted by Crippen LogP contribution is 2.05. The summed E-state index contributed by atoms with van der Waals surface area (Å²) in [5.74, 6) is 0.255. The zero-order chi connectivity index (χ0) is 15.1. The third-order valence-electron chi connectivity index (χ3n) is 2.78. The summed E-state index contributed by atoms with van der Waals surface area (Å²) in [5.41, 5.74) is 1.92. The average Bonchev–Trinajstić information content (AvgIpc) is 2.51. The molecule has 0 spiro atoms. The molecule has 2 aromatic rings. The van der Waals surface area contributed by atoms with Crippen LogP contribution in [0.3, 0.4) is 0 Å². The number of hydrogen-bond donors (Lipinski definition) is 2. The predicted molar refractivity (Wildman–Crippen MR) is 81.0 cm³/mol. The quantitative estimate of drug-likeness (QED) is 0.847. The van der Waals surface area contributed by atoms with Crippen LogP contribution in [0.2, 0.25) is 0 Å². The van der Waals surface area contributed by atoms with E-state index in [2.05, 4.69) is 32.5 Å². The fraction of sp³-hybridized carbons (Fsp3) is 0.333. The Labute approximate surface area is 124 Å². The van der Waals surface area contributed by atoms with Gasteiger partial charge in [0, 0.05) is 18.4 Å². The number of carbonyl (C=O) groups is 1. The van der Waals surface area contributed by atoms with E-state index in [-0.39, 0.29) is 5.91 Å². The number of hydrogen-bond acceptors (Lipinski definition) is 5. The van der Waals surface area contributed by atoms with Crippen molar-refractivity contribution in [2.24, 2.45) is 0 Å². The van der Waals surface area contributed by atoms with Gasteiger partial charge in [0.05, 0.1) is 12.2 Å². The van der Waals surface area contributed by atoms with Gasteiger partial charge < -0.3 is 10.6 Å². The zero-order valence-electron chi connectivity index (χ0n) is 12.3. The number of anilines is 1. The van der Waals surface area contributed by atoms with Crippen LogP contribution >= 0.6 is 0 Å². The van der Waals surface area contributed by atoms with Crippen LogP contribution < -0.4 is 10.6 Å². The van der Waals surface area contributed by atoms with Crippen LogP contribution in [0.4, 0.5) is 5.95 Å². The summed E-state index contributed by atoms with van der Waals surface area (Å²) < 4.78 is 0. The van der Waals surface area contributed by atoms with Gasteiger partial charge in [-0.05, 0) is 31.5 Å². The topological polar surface area (TPSA) is 79.8 Å². The Bertz CT molecular complexity index is 600. The average molecular weight is 285 g/mol. The van der Waals surface area contributed by atoms with E-state index in [0.717, 1.165) is 24.4 Å². The van der Waals surface area contributed by atoms with E-state index in [0.29, 0.717) is 18.2 Å². The third kappa shape index (κ3) is 4.52. The van der Waals surface area contributed by atoms with Gasteiger partial charge in [-0.3, -0.25) is 9.78 Å². The highest BCUT2D eigenvalue weighted by molar-refractivity contribution is 5.92. The van der Waals surface area contributed by atoms with E-state index in [9.17, 15) is 4.79 Å². The Kier molecular flexibility index (Phi) is 5.20. The van der Waals surface area contributed by atoms with Crippen molar-refractivity contribution < 1.29 is 4.79 Å². The van der Waals surface area contributed by atoms with Crippen LogP contribution in [-0.4, -0.2) is 27.4 Å². The van der Waals surface area contributed by atoms with Crippen molar-refractivity contribution in [3.05, 3.63) is 47.5 Å². The summed E-state index contributed by atoms with van der Waals surface area (Å²) in [6, 6.07) is 7.26. The standard InChI is InChI=1S/C15H19N5O/c1-3-7-17-15-19-11(2)9-13(20-15)14(21)18-10-12-6-4-5-8-16-12/h4-6,8-9H,3,7,10H2,1-2H3,(H,18,21)(H,17,19,20). The summed E-state index contributed by atoms with van der Waals surface area (Å²) in [7, 11) is 0. The molecule has 1 amide bonds. The molecule has 110 valence electrons. The van der Waals surface area contributed by atoms with E-state index in [4.69, 9.17) is 0 Å². The number of rotatable bonds is 6. The lowest BCUT2D eigenvalue weighted by Gasteiger charge is -2.08. The van der Waals surface area contributed by atoms with E-state index >= 15 is 0 Å². The monoisotopic (exact) mass is 285 g/mol. The third-order valence-corrected chi connectivity index (χ3v) is 2.78. The molecule has 2 rings (SSSR count). The van der Waals surface area contributed by atoms with Gasteiger partial charge in [0.2, 0.25) is 5.95 Å². The Morgan fingerprint density at radius 2 is 2.14 bits per heavy atom. The number of amides is 1. The van der Waals surface area contributed by atoms with Crippen LogP contribution in [-0.2, 0) is 6.54 Å². The van der Waals surface area contributed by atoms with Gasteiger partial charge in [-0.1, -0.05) is 13.0 Å². The molecule has 2 aromatic heterocycles. The SMILES string of the molecule is CCCNc1nc(C)cc(C(=O)NCc2ccccn2)n1. The van der Waals surface area contributed by atoms with Gasteiger partial charge in [0.1, 0.15) is 5.69 Å². The van der Waals surface area contributed by atoms with Crippen molar-refractivity contribution in [2.75, 3.05) is 11.9 Å². The van der Waals surface area contributed by atoms with Crippen molar-refractivity contribution in [3.8, 4) is 0 Å². The Balaban J connectivity index is 2.03. The smallest absolute Gasteiger partial charge is 0.270 e. The molecule has 0 aliphatic rings. The molecule has 0 radical (unpaired) electrons. The van der Waals surface area contributed by atoms with Gasteiger partial charge in [0.25, 0.3) is 5.91 Å². The van der Waals surface area contributed by atoms with Gasteiger partial charge in [-0.15, -0.1) is 0 Å². The summed E-state index contributed by atoms with van der Waals surface area (Å²) in [5, 5.41) is 5.90. The minimum atomic E-state index is -0.231. The lowest BCUT2D eigenvalue weighted by atomic mass is 10.3. The minimum absolute atomic E-state index is 0.231. The predicted octanol–water partition coefficient (Wildman–Crippen LogP) is 1.93. The molecular weight excluding hydrogens is 266 g/mol. The summed E-state index contributed by atoms with van der Waals surface area (Å²) in [6.45, 7) is 5.05. The maximum absolute atomic E-state index is 12.1. The number of pyridine rings is 1.